The Kier molecular flexibility index (Phi) is 4.43. The molecule has 2 heterocycles. The Morgan fingerprint density at radius 2 is 1.00 bits per heavy atom. The van der Waals surface area contributed by atoms with Crippen LogP contribution in [0.2, 0.25) is 0 Å². The molecule has 174 valence electrons. The third-order valence-corrected chi connectivity index (χ3v) is 7.80. The van der Waals surface area contributed by atoms with Crippen LogP contribution in [-0.4, -0.2) is 23.2 Å². The van der Waals surface area contributed by atoms with Gasteiger partial charge in [-0.15, -0.1) is 0 Å². The number of carbonyl (C=O) groups is 2. The van der Waals surface area contributed by atoms with E-state index in [0.29, 0.717) is 22.8 Å². The molecular weight excluding hydrogens is 436 g/mol. The van der Waals surface area contributed by atoms with Crippen molar-refractivity contribution in [1.29, 1.82) is 0 Å². The number of hydrazone groups is 2. The zero-order valence-electron chi connectivity index (χ0n) is 20.2. The number of rotatable bonds is 3. The number of benzene rings is 3. The van der Waals surface area contributed by atoms with Crippen molar-refractivity contribution in [2.75, 3.05) is 10.0 Å². The molecule has 0 unspecified atom stereocenters. The molecule has 0 N–H and O–H groups in total. The maximum absolute atomic E-state index is 14.3. The fourth-order valence-corrected chi connectivity index (χ4v) is 6.11. The standard InChI is InChI=1S/C29H26N4O2/c1-18-10-14-23(15-11-18)32-26(34)28(20(3)30-32)25(22-8-6-5-7-9-22)29(28)21(4)31-33(27(29)35)24-16-12-19(2)13-17-24/h5-17,25H,1-4H3/t28-,29-/m0/s1. The lowest BCUT2D eigenvalue weighted by Gasteiger charge is -2.19. The number of amides is 2. The maximum Gasteiger partial charge on any atom is 0.261 e. The van der Waals surface area contributed by atoms with Crippen LogP contribution in [0.15, 0.2) is 89.1 Å². The first-order valence-corrected chi connectivity index (χ1v) is 11.8. The van der Waals surface area contributed by atoms with E-state index < -0.39 is 10.8 Å². The molecule has 2 aliphatic heterocycles. The largest absolute Gasteiger partial charge is 0.271 e. The van der Waals surface area contributed by atoms with Gasteiger partial charge in [-0.05, 0) is 57.5 Å². The zero-order chi connectivity index (χ0) is 24.5. The van der Waals surface area contributed by atoms with Gasteiger partial charge in [0.15, 0.2) is 0 Å². The molecule has 1 aliphatic carbocycles. The fraction of sp³-hybridized carbons (Fsp3) is 0.241. The highest BCUT2D eigenvalue weighted by Gasteiger charge is 2.91. The maximum atomic E-state index is 14.3. The highest BCUT2D eigenvalue weighted by molar-refractivity contribution is 6.37. The lowest BCUT2D eigenvalue weighted by Crippen LogP contribution is -2.40. The Morgan fingerprint density at radius 1 is 0.600 bits per heavy atom. The van der Waals surface area contributed by atoms with Crippen LogP contribution in [0.5, 0.6) is 0 Å². The van der Waals surface area contributed by atoms with Gasteiger partial charge in [-0.1, -0.05) is 65.7 Å². The van der Waals surface area contributed by atoms with Gasteiger partial charge in [-0.25, -0.2) is 0 Å². The number of hydrogen-bond acceptors (Lipinski definition) is 4. The van der Waals surface area contributed by atoms with Gasteiger partial charge in [-0.2, -0.15) is 20.2 Å². The molecule has 0 radical (unpaired) electrons. The molecular formula is C29H26N4O2. The number of anilines is 2. The van der Waals surface area contributed by atoms with Gasteiger partial charge in [0.1, 0.15) is 10.8 Å². The Balaban J connectivity index is 1.51. The summed E-state index contributed by atoms with van der Waals surface area (Å²) in [6.45, 7) is 7.74. The molecule has 0 aromatic heterocycles. The molecule has 3 aromatic carbocycles. The fourth-order valence-electron chi connectivity index (χ4n) is 6.11. The monoisotopic (exact) mass is 462 g/mol. The van der Waals surface area contributed by atoms with Gasteiger partial charge in [0.25, 0.3) is 11.8 Å². The normalized spacial score (nSPS) is 27.1. The Morgan fingerprint density at radius 3 is 1.40 bits per heavy atom. The first-order chi connectivity index (χ1) is 16.8. The number of hydrogen-bond donors (Lipinski definition) is 0. The van der Waals surface area contributed by atoms with Crippen LogP contribution in [0.25, 0.3) is 0 Å². The van der Waals surface area contributed by atoms with Crippen molar-refractivity contribution in [3.8, 4) is 0 Å². The third kappa shape index (κ3) is 2.59. The molecule has 2 atom stereocenters. The molecule has 3 aromatic rings. The molecule has 0 saturated heterocycles. The number of nitrogens with zero attached hydrogens (tertiary/aromatic N) is 4. The summed E-state index contributed by atoms with van der Waals surface area (Å²) in [4.78, 5) is 28.6. The molecule has 6 rings (SSSR count). The average molecular weight is 463 g/mol. The molecule has 3 aliphatic rings. The van der Waals surface area contributed by atoms with Gasteiger partial charge < -0.3 is 0 Å². The van der Waals surface area contributed by atoms with Crippen molar-refractivity contribution in [3.05, 3.63) is 95.6 Å². The van der Waals surface area contributed by atoms with E-state index in [1.54, 1.807) is 0 Å². The lowest BCUT2D eigenvalue weighted by molar-refractivity contribution is -0.126. The van der Waals surface area contributed by atoms with Crippen molar-refractivity contribution in [2.45, 2.75) is 33.6 Å². The van der Waals surface area contributed by atoms with E-state index in [1.807, 2.05) is 107 Å². The van der Waals surface area contributed by atoms with E-state index >= 15 is 0 Å². The van der Waals surface area contributed by atoms with Crippen LogP contribution >= 0.6 is 0 Å². The molecule has 6 nitrogen and oxygen atoms in total. The predicted molar refractivity (Wildman–Crippen MR) is 138 cm³/mol. The van der Waals surface area contributed by atoms with Gasteiger partial charge in [0, 0.05) is 5.92 Å². The van der Waals surface area contributed by atoms with Crippen molar-refractivity contribution in [3.63, 3.8) is 0 Å². The van der Waals surface area contributed by atoms with Crippen LogP contribution in [0.4, 0.5) is 11.4 Å². The first kappa shape index (κ1) is 21.5. The lowest BCUT2D eigenvalue weighted by atomic mass is 9.85. The van der Waals surface area contributed by atoms with E-state index in [0.717, 1.165) is 16.7 Å². The minimum atomic E-state index is -1.11. The van der Waals surface area contributed by atoms with Gasteiger partial charge in [0.2, 0.25) is 0 Å². The summed E-state index contributed by atoms with van der Waals surface area (Å²) >= 11 is 0. The summed E-state index contributed by atoms with van der Waals surface area (Å²) in [6, 6.07) is 25.2. The highest BCUT2D eigenvalue weighted by Crippen LogP contribution is 2.79. The van der Waals surface area contributed by atoms with Crippen LogP contribution in [-0.2, 0) is 9.59 Å². The zero-order valence-corrected chi connectivity index (χ0v) is 20.2. The van der Waals surface area contributed by atoms with Crippen molar-refractivity contribution in [1.82, 2.24) is 0 Å². The minimum Gasteiger partial charge on any atom is -0.271 e. The van der Waals surface area contributed by atoms with Crippen molar-refractivity contribution < 1.29 is 9.59 Å². The summed E-state index contributed by atoms with van der Waals surface area (Å²) in [6.07, 6.45) is 0. The van der Waals surface area contributed by atoms with Crippen LogP contribution in [0.3, 0.4) is 0 Å². The Hall–Kier alpha value is -4.06. The SMILES string of the molecule is CC1=NN(c2ccc(C)cc2)C(=O)[C@@]12C(c1ccccc1)[C@@]21C(=O)N(c2ccc(C)cc2)N=C1C. The second-order valence-corrected chi connectivity index (χ2v) is 9.74. The first-order valence-electron chi connectivity index (χ1n) is 11.8. The second kappa shape index (κ2) is 7.22. The number of fused-ring (bicyclic) bond motifs is 1. The quantitative estimate of drug-likeness (QED) is 0.536. The molecule has 0 bridgehead atoms. The molecule has 6 heteroatoms. The second-order valence-electron chi connectivity index (χ2n) is 9.74. The minimum absolute atomic E-state index is 0.179. The number of aryl methyl sites for hydroxylation is 2. The Labute approximate surface area is 204 Å². The van der Waals surface area contributed by atoms with Gasteiger partial charge in [-0.3, -0.25) is 9.59 Å². The summed E-state index contributed by atoms with van der Waals surface area (Å²) in [5.41, 5.74) is 3.60. The highest BCUT2D eigenvalue weighted by atomic mass is 16.2. The summed E-state index contributed by atoms with van der Waals surface area (Å²) in [7, 11) is 0. The van der Waals surface area contributed by atoms with E-state index in [1.165, 1.54) is 10.0 Å². The molecule has 2 spiro atoms. The van der Waals surface area contributed by atoms with Crippen LogP contribution in [0.1, 0.15) is 36.5 Å². The van der Waals surface area contributed by atoms with Crippen LogP contribution in [0, 0.1) is 24.7 Å². The van der Waals surface area contributed by atoms with E-state index in [2.05, 4.69) is 0 Å². The topological polar surface area (TPSA) is 65.3 Å². The van der Waals surface area contributed by atoms with Crippen LogP contribution < -0.4 is 10.0 Å². The third-order valence-electron chi connectivity index (χ3n) is 7.80. The van der Waals surface area contributed by atoms with E-state index in [-0.39, 0.29) is 17.7 Å². The average Bonchev–Trinajstić information content (AvgIpc) is 3.35. The summed E-state index contributed by atoms with van der Waals surface area (Å²) < 4.78 is 0. The van der Waals surface area contributed by atoms with E-state index in [9.17, 15) is 9.59 Å². The predicted octanol–water partition coefficient (Wildman–Crippen LogP) is 5.22. The summed E-state index contributed by atoms with van der Waals surface area (Å²) in [5.74, 6) is -0.739. The van der Waals surface area contributed by atoms with Gasteiger partial charge in [0.05, 0.1) is 22.8 Å². The van der Waals surface area contributed by atoms with Crippen molar-refractivity contribution >= 4 is 34.6 Å². The molecule has 1 saturated carbocycles. The molecule has 1 fully saturated rings. The molecule has 2 amide bonds. The Bertz CT molecular complexity index is 1330. The van der Waals surface area contributed by atoms with Gasteiger partial charge >= 0.3 is 0 Å². The summed E-state index contributed by atoms with van der Waals surface area (Å²) in [5, 5.41) is 12.4. The smallest absolute Gasteiger partial charge is 0.261 e. The van der Waals surface area contributed by atoms with Crippen molar-refractivity contribution in [2.24, 2.45) is 21.0 Å². The van der Waals surface area contributed by atoms with E-state index in [4.69, 9.17) is 10.2 Å². The molecule has 35 heavy (non-hydrogen) atoms. The number of carbonyl (C=O) groups excluding carboxylic acids is 2.